The van der Waals surface area contributed by atoms with Gasteiger partial charge in [0.15, 0.2) is 5.65 Å². The van der Waals surface area contributed by atoms with Crippen molar-refractivity contribution in [2.45, 2.75) is 32.2 Å². The summed E-state index contributed by atoms with van der Waals surface area (Å²) in [5.41, 5.74) is 2.02. The van der Waals surface area contributed by atoms with Crippen molar-refractivity contribution in [3.8, 4) is 0 Å². The standard InChI is InChI=1S/C16H19N5/c1-11(16(2,3)12-7-5-4-6-8-12)20-14-13-9-19-21-15(13)18-10-17-14/h4-11H,1-3H3,(H2,17,18,19,20,21). The lowest BCUT2D eigenvalue weighted by molar-refractivity contribution is 0.457. The summed E-state index contributed by atoms with van der Waals surface area (Å²) in [5.74, 6) is 0.810. The van der Waals surface area contributed by atoms with Crippen LogP contribution in [-0.2, 0) is 5.41 Å². The molecule has 0 radical (unpaired) electrons. The fraction of sp³-hybridized carbons (Fsp3) is 0.312. The molecule has 0 aliphatic carbocycles. The summed E-state index contributed by atoms with van der Waals surface area (Å²) >= 11 is 0. The van der Waals surface area contributed by atoms with Gasteiger partial charge in [-0.3, -0.25) is 5.10 Å². The minimum absolute atomic E-state index is 0.0255. The molecule has 5 heteroatoms. The van der Waals surface area contributed by atoms with Gasteiger partial charge in [-0.2, -0.15) is 5.10 Å². The number of nitrogens with one attached hydrogen (secondary N) is 2. The summed E-state index contributed by atoms with van der Waals surface area (Å²) in [6.07, 6.45) is 3.30. The molecule has 0 bridgehead atoms. The molecular weight excluding hydrogens is 262 g/mol. The largest absolute Gasteiger partial charge is 0.366 e. The first-order chi connectivity index (χ1) is 10.1. The van der Waals surface area contributed by atoms with Crippen molar-refractivity contribution in [1.29, 1.82) is 0 Å². The van der Waals surface area contributed by atoms with Crippen molar-refractivity contribution in [3.05, 3.63) is 48.4 Å². The van der Waals surface area contributed by atoms with Crippen LogP contribution in [0.3, 0.4) is 0 Å². The lowest BCUT2D eigenvalue weighted by Gasteiger charge is -2.33. The van der Waals surface area contributed by atoms with Gasteiger partial charge in [-0.1, -0.05) is 44.2 Å². The maximum Gasteiger partial charge on any atom is 0.160 e. The number of rotatable bonds is 4. The fourth-order valence-electron chi connectivity index (χ4n) is 2.38. The van der Waals surface area contributed by atoms with Crippen molar-refractivity contribution < 1.29 is 0 Å². The second-order valence-electron chi connectivity index (χ2n) is 5.81. The van der Waals surface area contributed by atoms with Gasteiger partial charge >= 0.3 is 0 Å². The SMILES string of the molecule is CC(Nc1ncnc2[nH]ncc12)C(C)(C)c1ccccc1. The van der Waals surface area contributed by atoms with E-state index in [1.165, 1.54) is 5.56 Å². The number of hydrogen-bond acceptors (Lipinski definition) is 4. The van der Waals surface area contributed by atoms with E-state index in [1.807, 2.05) is 6.07 Å². The molecule has 0 saturated carbocycles. The number of H-pyrrole nitrogens is 1. The normalized spacial score (nSPS) is 13.3. The van der Waals surface area contributed by atoms with Gasteiger partial charge in [-0.15, -0.1) is 0 Å². The molecule has 2 N–H and O–H groups in total. The number of nitrogens with zero attached hydrogens (tertiary/aromatic N) is 3. The van der Waals surface area contributed by atoms with Gasteiger partial charge in [0, 0.05) is 11.5 Å². The minimum atomic E-state index is -0.0255. The molecule has 3 aromatic rings. The number of anilines is 1. The molecule has 3 rings (SSSR count). The molecule has 1 unspecified atom stereocenters. The van der Waals surface area contributed by atoms with E-state index in [-0.39, 0.29) is 11.5 Å². The molecule has 1 aromatic carbocycles. The van der Waals surface area contributed by atoms with Crippen LogP contribution in [-0.4, -0.2) is 26.2 Å². The first kappa shape index (κ1) is 13.5. The monoisotopic (exact) mass is 281 g/mol. The summed E-state index contributed by atoms with van der Waals surface area (Å²) < 4.78 is 0. The van der Waals surface area contributed by atoms with Crippen LogP contribution in [0.15, 0.2) is 42.9 Å². The lowest BCUT2D eigenvalue weighted by atomic mass is 9.78. The highest BCUT2D eigenvalue weighted by Gasteiger charge is 2.28. The number of aromatic nitrogens is 4. The Hall–Kier alpha value is -2.43. The van der Waals surface area contributed by atoms with Gasteiger partial charge in [-0.05, 0) is 12.5 Å². The van der Waals surface area contributed by atoms with E-state index in [4.69, 9.17) is 0 Å². The summed E-state index contributed by atoms with van der Waals surface area (Å²) in [6.45, 7) is 6.63. The molecule has 1 atom stereocenters. The van der Waals surface area contributed by atoms with Crippen molar-refractivity contribution in [2.75, 3.05) is 5.32 Å². The second-order valence-corrected chi connectivity index (χ2v) is 5.81. The predicted molar refractivity (Wildman–Crippen MR) is 84.2 cm³/mol. The van der Waals surface area contributed by atoms with Crippen LogP contribution in [0.4, 0.5) is 5.82 Å². The maximum absolute atomic E-state index is 4.34. The molecule has 108 valence electrons. The highest BCUT2D eigenvalue weighted by molar-refractivity contribution is 5.85. The average Bonchev–Trinajstić information content (AvgIpc) is 2.97. The minimum Gasteiger partial charge on any atom is -0.366 e. The molecule has 0 aliphatic heterocycles. The van der Waals surface area contributed by atoms with Gasteiger partial charge < -0.3 is 5.32 Å². The first-order valence-electron chi connectivity index (χ1n) is 7.05. The van der Waals surface area contributed by atoms with Crippen molar-refractivity contribution >= 4 is 16.9 Å². The highest BCUT2D eigenvalue weighted by atomic mass is 15.2. The molecule has 5 nitrogen and oxygen atoms in total. The third-order valence-corrected chi connectivity index (χ3v) is 4.20. The Balaban J connectivity index is 1.89. The van der Waals surface area contributed by atoms with E-state index >= 15 is 0 Å². The van der Waals surface area contributed by atoms with Crippen molar-refractivity contribution in [3.63, 3.8) is 0 Å². The van der Waals surface area contributed by atoms with Crippen LogP contribution in [0.1, 0.15) is 26.3 Å². The molecule has 0 saturated heterocycles. The molecule has 2 aromatic heterocycles. The Morgan fingerprint density at radius 3 is 2.67 bits per heavy atom. The zero-order chi connectivity index (χ0) is 14.9. The Morgan fingerprint density at radius 1 is 1.14 bits per heavy atom. The maximum atomic E-state index is 4.34. The Labute approximate surface area is 123 Å². The summed E-state index contributed by atoms with van der Waals surface area (Å²) in [5, 5.41) is 11.3. The van der Waals surface area contributed by atoms with Crippen LogP contribution in [0.25, 0.3) is 11.0 Å². The molecule has 0 spiro atoms. The van der Waals surface area contributed by atoms with E-state index in [9.17, 15) is 0 Å². The number of hydrogen-bond donors (Lipinski definition) is 2. The molecule has 0 fully saturated rings. The van der Waals surface area contributed by atoms with Gasteiger partial charge in [0.05, 0.1) is 11.6 Å². The van der Waals surface area contributed by atoms with Crippen molar-refractivity contribution in [2.24, 2.45) is 0 Å². The molecular formula is C16H19N5. The third-order valence-electron chi connectivity index (χ3n) is 4.20. The fourth-order valence-corrected chi connectivity index (χ4v) is 2.38. The second kappa shape index (κ2) is 5.16. The lowest BCUT2D eigenvalue weighted by Crippen LogP contribution is -2.37. The Bertz CT molecular complexity index is 733. The number of benzene rings is 1. The molecule has 0 aliphatic rings. The Kier molecular flexibility index (Phi) is 3.33. The summed E-state index contributed by atoms with van der Waals surface area (Å²) in [6, 6.07) is 10.7. The van der Waals surface area contributed by atoms with E-state index in [2.05, 4.69) is 70.5 Å². The zero-order valence-electron chi connectivity index (χ0n) is 12.5. The Morgan fingerprint density at radius 2 is 1.90 bits per heavy atom. The van der Waals surface area contributed by atoms with E-state index in [0.717, 1.165) is 16.9 Å². The van der Waals surface area contributed by atoms with Gasteiger partial charge in [0.25, 0.3) is 0 Å². The van der Waals surface area contributed by atoms with Gasteiger partial charge in [0.1, 0.15) is 12.1 Å². The van der Waals surface area contributed by atoms with E-state index in [1.54, 1.807) is 12.5 Å². The molecule has 2 heterocycles. The van der Waals surface area contributed by atoms with Crippen LogP contribution in [0.5, 0.6) is 0 Å². The van der Waals surface area contributed by atoms with E-state index < -0.39 is 0 Å². The zero-order valence-corrected chi connectivity index (χ0v) is 12.5. The van der Waals surface area contributed by atoms with Crippen LogP contribution in [0.2, 0.25) is 0 Å². The smallest absolute Gasteiger partial charge is 0.160 e. The highest BCUT2D eigenvalue weighted by Crippen LogP contribution is 2.29. The topological polar surface area (TPSA) is 66.5 Å². The van der Waals surface area contributed by atoms with Gasteiger partial charge in [-0.25, -0.2) is 9.97 Å². The first-order valence-corrected chi connectivity index (χ1v) is 7.05. The van der Waals surface area contributed by atoms with E-state index in [0.29, 0.717) is 0 Å². The van der Waals surface area contributed by atoms with Gasteiger partial charge in [0.2, 0.25) is 0 Å². The predicted octanol–water partition coefficient (Wildman–Crippen LogP) is 3.13. The van der Waals surface area contributed by atoms with Crippen molar-refractivity contribution in [1.82, 2.24) is 20.2 Å². The number of aromatic amines is 1. The summed E-state index contributed by atoms with van der Waals surface area (Å²) in [7, 11) is 0. The third kappa shape index (κ3) is 2.46. The summed E-state index contributed by atoms with van der Waals surface area (Å²) in [4.78, 5) is 8.50. The van der Waals surface area contributed by atoms with Crippen LogP contribution in [0, 0.1) is 0 Å². The van der Waals surface area contributed by atoms with Crippen LogP contribution < -0.4 is 5.32 Å². The molecule has 21 heavy (non-hydrogen) atoms. The van der Waals surface area contributed by atoms with Crippen LogP contribution >= 0.6 is 0 Å². The molecule has 0 amide bonds. The average molecular weight is 281 g/mol. The quantitative estimate of drug-likeness (QED) is 0.771. The number of fused-ring (bicyclic) bond motifs is 1.